The minimum absolute atomic E-state index is 0.133. The summed E-state index contributed by atoms with van der Waals surface area (Å²) < 4.78 is 7.07. The maximum absolute atomic E-state index is 12.7. The Bertz CT molecular complexity index is 718. The molecule has 2 aromatic rings. The number of halogens is 1. The third-order valence-corrected chi connectivity index (χ3v) is 4.19. The summed E-state index contributed by atoms with van der Waals surface area (Å²) in [5.74, 6) is -0.164. The number of morpholine rings is 1. The highest BCUT2D eigenvalue weighted by Gasteiger charge is 2.28. The van der Waals surface area contributed by atoms with Crippen LogP contribution in [0.15, 0.2) is 24.3 Å². The number of aromatic nitrogens is 3. The molecule has 2 heterocycles. The van der Waals surface area contributed by atoms with Crippen LogP contribution in [-0.4, -0.2) is 58.1 Å². The van der Waals surface area contributed by atoms with Crippen LogP contribution in [0, 0.1) is 6.92 Å². The van der Waals surface area contributed by atoms with Gasteiger partial charge >= 0.3 is 0 Å². The Morgan fingerprint density at radius 2 is 2.26 bits per heavy atom. The number of para-hydroxylation sites is 1. The third kappa shape index (κ3) is 3.08. The van der Waals surface area contributed by atoms with E-state index in [1.54, 1.807) is 22.6 Å². The van der Waals surface area contributed by atoms with Crippen molar-refractivity contribution in [1.29, 1.82) is 0 Å². The van der Waals surface area contributed by atoms with Gasteiger partial charge in [-0.05, 0) is 19.1 Å². The van der Waals surface area contributed by atoms with Crippen LogP contribution in [0.4, 0.5) is 0 Å². The van der Waals surface area contributed by atoms with Gasteiger partial charge in [-0.1, -0.05) is 28.9 Å². The fraction of sp³-hybridized carbons (Fsp3) is 0.400. The molecule has 1 aromatic heterocycles. The van der Waals surface area contributed by atoms with Gasteiger partial charge in [-0.3, -0.25) is 4.79 Å². The van der Waals surface area contributed by atoms with E-state index >= 15 is 0 Å². The predicted molar refractivity (Wildman–Crippen MR) is 85.8 cm³/mol. The van der Waals surface area contributed by atoms with Crippen molar-refractivity contribution in [2.45, 2.75) is 13.0 Å². The van der Waals surface area contributed by atoms with Gasteiger partial charge in [0.15, 0.2) is 5.69 Å². The van der Waals surface area contributed by atoms with E-state index in [1.165, 1.54) is 0 Å². The molecule has 8 heteroatoms. The Balaban J connectivity index is 1.87. The molecule has 1 fully saturated rings. The van der Waals surface area contributed by atoms with Gasteiger partial charge in [-0.25, -0.2) is 4.68 Å². The first-order chi connectivity index (χ1) is 11.1. The lowest BCUT2D eigenvalue weighted by Gasteiger charge is -2.31. The van der Waals surface area contributed by atoms with Crippen LogP contribution in [0.3, 0.4) is 0 Å². The van der Waals surface area contributed by atoms with E-state index in [0.717, 1.165) is 0 Å². The molecule has 1 saturated heterocycles. The molecule has 1 aromatic carbocycles. The van der Waals surface area contributed by atoms with Crippen molar-refractivity contribution >= 4 is 17.5 Å². The number of nitrogens with zero attached hydrogens (tertiary/aromatic N) is 4. The summed E-state index contributed by atoms with van der Waals surface area (Å²) in [6.45, 7) is 3.65. The first-order valence-corrected chi connectivity index (χ1v) is 7.77. The van der Waals surface area contributed by atoms with Crippen molar-refractivity contribution < 1.29 is 9.53 Å². The first kappa shape index (κ1) is 15.9. The SMILES string of the molecule is Cc1c(C(=O)N2CCOC(CN)C2)nnn1-c1ccccc1Cl. The van der Waals surface area contributed by atoms with E-state index in [1.807, 2.05) is 18.2 Å². The largest absolute Gasteiger partial charge is 0.373 e. The quantitative estimate of drug-likeness (QED) is 0.905. The van der Waals surface area contributed by atoms with E-state index in [2.05, 4.69) is 10.3 Å². The highest BCUT2D eigenvalue weighted by Crippen LogP contribution is 2.22. The van der Waals surface area contributed by atoms with Crippen LogP contribution < -0.4 is 5.73 Å². The van der Waals surface area contributed by atoms with E-state index in [9.17, 15) is 4.79 Å². The summed E-state index contributed by atoms with van der Waals surface area (Å²) in [6, 6.07) is 7.30. The number of carbonyl (C=O) groups is 1. The standard InChI is InChI=1S/C15H18ClN5O2/c1-10-14(15(22)20-6-7-23-11(8-17)9-20)18-19-21(10)13-5-3-2-4-12(13)16/h2-5,11H,6-9,17H2,1H3. The van der Waals surface area contributed by atoms with Gasteiger partial charge in [0.2, 0.25) is 0 Å². The smallest absolute Gasteiger partial charge is 0.276 e. The molecule has 3 rings (SSSR count). The fourth-order valence-electron chi connectivity index (χ4n) is 2.58. The molecular formula is C15H18ClN5O2. The zero-order chi connectivity index (χ0) is 16.4. The van der Waals surface area contributed by atoms with Gasteiger partial charge in [0, 0.05) is 19.6 Å². The number of rotatable bonds is 3. The van der Waals surface area contributed by atoms with E-state index in [4.69, 9.17) is 22.1 Å². The minimum Gasteiger partial charge on any atom is -0.373 e. The van der Waals surface area contributed by atoms with Crippen LogP contribution in [0.25, 0.3) is 5.69 Å². The molecule has 23 heavy (non-hydrogen) atoms. The van der Waals surface area contributed by atoms with Crippen molar-refractivity contribution in [2.75, 3.05) is 26.2 Å². The normalized spacial score (nSPS) is 18.2. The molecule has 1 aliphatic rings. The second-order valence-corrected chi connectivity index (χ2v) is 5.77. The van der Waals surface area contributed by atoms with Crippen LogP contribution in [0.2, 0.25) is 5.02 Å². The Labute approximate surface area is 139 Å². The second kappa shape index (κ2) is 6.66. The van der Waals surface area contributed by atoms with Gasteiger partial charge in [0.05, 0.1) is 29.1 Å². The highest BCUT2D eigenvalue weighted by molar-refractivity contribution is 6.32. The zero-order valence-electron chi connectivity index (χ0n) is 12.8. The fourth-order valence-corrected chi connectivity index (χ4v) is 2.79. The minimum atomic E-state index is -0.164. The van der Waals surface area contributed by atoms with Crippen molar-refractivity contribution in [3.05, 3.63) is 40.7 Å². The molecule has 0 bridgehead atoms. The molecule has 0 spiro atoms. The van der Waals surface area contributed by atoms with E-state index in [0.29, 0.717) is 48.3 Å². The summed E-state index contributed by atoms with van der Waals surface area (Å²) in [6.07, 6.45) is -0.133. The molecule has 2 N–H and O–H groups in total. The Hall–Kier alpha value is -1.96. The zero-order valence-corrected chi connectivity index (χ0v) is 13.5. The molecule has 122 valence electrons. The van der Waals surface area contributed by atoms with Gasteiger partial charge in [0.25, 0.3) is 5.91 Å². The monoisotopic (exact) mass is 335 g/mol. The van der Waals surface area contributed by atoms with Crippen molar-refractivity contribution in [3.63, 3.8) is 0 Å². The lowest BCUT2D eigenvalue weighted by molar-refractivity contribution is -0.0169. The molecule has 0 aliphatic carbocycles. The average molecular weight is 336 g/mol. The van der Waals surface area contributed by atoms with Crippen LogP contribution in [0.5, 0.6) is 0 Å². The average Bonchev–Trinajstić information content (AvgIpc) is 2.96. The number of nitrogens with two attached hydrogens (primary N) is 1. The Morgan fingerprint density at radius 3 is 3.00 bits per heavy atom. The third-order valence-electron chi connectivity index (χ3n) is 3.87. The lowest BCUT2D eigenvalue weighted by atomic mass is 10.2. The van der Waals surface area contributed by atoms with Crippen molar-refractivity contribution in [3.8, 4) is 5.69 Å². The maximum atomic E-state index is 12.7. The second-order valence-electron chi connectivity index (χ2n) is 5.37. The van der Waals surface area contributed by atoms with E-state index in [-0.39, 0.29) is 12.0 Å². The number of hydrogen-bond acceptors (Lipinski definition) is 5. The molecule has 0 radical (unpaired) electrons. The van der Waals surface area contributed by atoms with Crippen LogP contribution >= 0.6 is 11.6 Å². The molecule has 1 atom stereocenters. The molecule has 7 nitrogen and oxygen atoms in total. The van der Waals surface area contributed by atoms with Gasteiger partial charge < -0.3 is 15.4 Å². The lowest BCUT2D eigenvalue weighted by Crippen LogP contribution is -2.48. The molecule has 1 aliphatic heterocycles. The number of ether oxygens (including phenoxy) is 1. The summed E-state index contributed by atoms with van der Waals surface area (Å²) in [7, 11) is 0. The van der Waals surface area contributed by atoms with Gasteiger partial charge in [0.1, 0.15) is 0 Å². The van der Waals surface area contributed by atoms with Crippen molar-refractivity contribution in [1.82, 2.24) is 19.9 Å². The van der Waals surface area contributed by atoms with Gasteiger partial charge in [-0.2, -0.15) is 0 Å². The number of hydrogen-bond donors (Lipinski definition) is 1. The number of amides is 1. The Kier molecular flexibility index (Phi) is 4.61. The summed E-state index contributed by atoms with van der Waals surface area (Å²) in [4.78, 5) is 14.4. The number of carbonyl (C=O) groups excluding carboxylic acids is 1. The van der Waals surface area contributed by atoms with E-state index < -0.39 is 0 Å². The maximum Gasteiger partial charge on any atom is 0.276 e. The predicted octanol–water partition coefficient (Wildman–Crippen LogP) is 1.03. The van der Waals surface area contributed by atoms with Crippen LogP contribution in [-0.2, 0) is 4.74 Å². The topological polar surface area (TPSA) is 86.3 Å². The molecule has 1 unspecified atom stereocenters. The molecule has 0 saturated carbocycles. The Morgan fingerprint density at radius 1 is 1.48 bits per heavy atom. The summed E-state index contributed by atoms with van der Waals surface area (Å²) in [5.41, 5.74) is 7.29. The molecule has 1 amide bonds. The molecular weight excluding hydrogens is 318 g/mol. The van der Waals surface area contributed by atoms with Crippen molar-refractivity contribution in [2.24, 2.45) is 5.73 Å². The summed E-state index contributed by atoms with van der Waals surface area (Å²) >= 11 is 6.19. The summed E-state index contributed by atoms with van der Waals surface area (Å²) in [5, 5.41) is 8.68. The number of benzene rings is 1. The van der Waals surface area contributed by atoms with Crippen LogP contribution in [0.1, 0.15) is 16.2 Å². The van der Waals surface area contributed by atoms with Gasteiger partial charge in [-0.15, -0.1) is 5.10 Å². The first-order valence-electron chi connectivity index (χ1n) is 7.40. The highest BCUT2D eigenvalue weighted by atomic mass is 35.5.